The van der Waals surface area contributed by atoms with Crippen LogP contribution in [0, 0.1) is 0 Å². The smallest absolute Gasteiger partial charge is 0.290 e. The molecule has 0 spiro atoms. The van der Waals surface area contributed by atoms with Gasteiger partial charge in [0, 0.05) is 12.1 Å². The second-order valence-electron chi connectivity index (χ2n) is 4.10. The van der Waals surface area contributed by atoms with E-state index in [1.165, 1.54) is 0 Å². The fourth-order valence-electron chi connectivity index (χ4n) is 1.45. The minimum Gasteiger partial charge on any atom is -0.429 e. The zero-order chi connectivity index (χ0) is 12.8. The summed E-state index contributed by atoms with van der Waals surface area (Å²) in [5.74, 6) is 1.99. The van der Waals surface area contributed by atoms with Crippen LogP contribution in [0.15, 0.2) is 46.9 Å². The first kappa shape index (κ1) is 12.7. The van der Waals surface area contributed by atoms with E-state index in [0.29, 0.717) is 12.5 Å². The minimum absolute atomic E-state index is 0.0496. The Morgan fingerprint density at radius 2 is 2.00 bits per heavy atom. The Bertz CT molecular complexity index is 467. The van der Waals surface area contributed by atoms with E-state index in [-0.39, 0.29) is 12.6 Å². The Kier molecular flexibility index (Phi) is 4.39. The summed E-state index contributed by atoms with van der Waals surface area (Å²) in [6.45, 7) is 2.58. The van der Waals surface area contributed by atoms with E-state index in [2.05, 4.69) is 5.32 Å². The molecule has 0 fully saturated rings. The third-order valence-corrected chi connectivity index (χ3v) is 2.50. The van der Waals surface area contributed by atoms with E-state index >= 15 is 0 Å². The molecule has 2 N–H and O–H groups in total. The average Bonchev–Trinajstić information content (AvgIpc) is 2.85. The zero-order valence-corrected chi connectivity index (χ0v) is 10.3. The number of benzene rings is 1. The largest absolute Gasteiger partial charge is 0.429 e. The van der Waals surface area contributed by atoms with Crippen LogP contribution in [0.3, 0.4) is 0 Å². The zero-order valence-electron chi connectivity index (χ0n) is 10.3. The van der Waals surface area contributed by atoms with Gasteiger partial charge in [-0.1, -0.05) is 18.2 Å². The summed E-state index contributed by atoms with van der Waals surface area (Å²) in [5, 5.41) is 12.0. The van der Waals surface area contributed by atoms with Crippen LogP contribution in [0.5, 0.6) is 11.7 Å². The first-order valence-electron chi connectivity index (χ1n) is 5.94. The molecule has 1 aromatic heterocycles. The second-order valence-corrected chi connectivity index (χ2v) is 4.10. The normalized spacial score (nSPS) is 12.3. The Morgan fingerprint density at radius 3 is 2.72 bits per heavy atom. The summed E-state index contributed by atoms with van der Waals surface area (Å²) in [5.41, 5.74) is 0. The molecule has 0 unspecified atom stereocenters. The monoisotopic (exact) mass is 247 g/mol. The number of nitrogens with one attached hydrogen (secondary N) is 1. The third-order valence-electron chi connectivity index (χ3n) is 2.50. The molecule has 0 radical (unpaired) electrons. The van der Waals surface area contributed by atoms with Crippen molar-refractivity contribution >= 4 is 0 Å². The van der Waals surface area contributed by atoms with Crippen LogP contribution in [0.1, 0.15) is 12.7 Å². The molecule has 0 bridgehead atoms. The highest BCUT2D eigenvalue weighted by Crippen LogP contribution is 2.23. The standard InChI is InChI=1S/C14H17NO3/c1-11(10-16)15-9-13-7-8-14(18-13)17-12-5-3-2-4-6-12/h2-8,11,15-16H,9-10H2,1H3/t11-/m1/s1. The molecule has 0 aliphatic heterocycles. The van der Waals surface area contributed by atoms with Crippen molar-refractivity contribution in [1.29, 1.82) is 0 Å². The summed E-state index contributed by atoms with van der Waals surface area (Å²) in [7, 11) is 0. The molecule has 0 aliphatic rings. The maximum Gasteiger partial charge on any atom is 0.290 e. The van der Waals surface area contributed by atoms with Crippen LogP contribution in [0.2, 0.25) is 0 Å². The molecule has 2 aromatic rings. The van der Waals surface area contributed by atoms with Crippen LogP contribution >= 0.6 is 0 Å². The molecule has 0 saturated carbocycles. The number of rotatable bonds is 6. The molecule has 0 amide bonds. The summed E-state index contributed by atoms with van der Waals surface area (Å²) in [6.07, 6.45) is 0. The predicted molar refractivity (Wildman–Crippen MR) is 68.6 cm³/mol. The van der Waals surface area contributed by atoms with Gasteiger partial charge in [-0.05, 0) is 25.1 Å². The lowest BCUT2D eigenvalue weighted by Gasteiger charge is -2.08. The molecule has 18 heavy (non-hydrogen) atoms. The van der Waals surface area contributed by atoms with Gasteiger partial charge in [-0.2, -0.15) is 0 Å². The number of ether oxygens (including phenoxy) is 1. The van der Waals surface area contributed by atoms with Gasteiger partial charge in [-0.15, -0.1) is 0 Å². The van der Waals surface area contributed by atoms with Crippen LogP contribution in [-0.4, -0.2) is 17.8 Å². The molecule has 4 heteroatoms. The van der Waals surface area contributed by atoms with Gasteiger partial charge in [0.15, 0.2) is 0 Å². The molecular weight excluding hydrogens is 230 g/mol. The number of hydrogen-bond donors (Lipinski definition) is 2. The Labute approximate surface area is 106 Å². The molecule has 96 valence electrons. The van der Waals surface area contributed by atoms with Gasteiger partial charge in [-0.25, -0.2) is 0 Å². The van der Waals surface area contributed by atoms with Crippen molar-refractivity contribution in [3.63, 3.8) is 0 Å². The lowest BCUT2D eigenvalue weighted by Crippen LogP contribution is -2.28. The molecule has 0 saturated heterocycles. The highest BCUT2D eigenvalue weighted by Gasteiger charge is 2.05. The third kappa shape index (κ3) is 3.61. The Hall–Kier alpha value is -1.78. The Morgan fingerprint density at radius 1 is 1.22 bits per heavy atom. The highest BCUT2D eigenvalue weighted by atomic mass is 16.6. The van der Waals surface area contributed by atoms with E-state index in [9.17, 15) is 0 Å². The van der Waals surface area contributed by atoms with Crippen molar-refractivity contribution in [2.45, 2.75) is 19.5 Å². The lowest BCUT2D eigenvalue weighted by molar-refractivity contribution is 0.246. The molecule has 1 aromatic carbocycles. The molecule has 1 atom stereocenters. The average molecular weight is 247 g/mol. The molecule has 1 heterocycles. The van der Waals surface area contributed by atoms with Crippen molar-refractivity contribution in [2.24, 2.45) is 0 Å². The van der Waals surface area contributed by atoms with E-state index in [0.717, 1.165) is 11.5 Å². The topological polar surface area (TPSA) is 54.6 Å². The van der Waals surface area contributed by atoms with Gasteiger partial charge in [0.05, 0.1) is 13.2 Å². The molecule has 4 nitrogen and oxygen atoms in total. The predicted octanol–water partition coefficient (Wildman–Crippen LogP) is 2.54. The molecule has 2 rings (SSSR count). The van der Waals surface area contributed by atoms with Crippen molar-refractivity contribution in [3.05, 3.63) is 48.2 Å². The van der Waals surface area contributed by atoms with Gasteiger partial charge >= 0.3 is 0 Å². The van der Waals surface area contributed by atoms with Gasteiger partial charge < -0.3 is 19.6 Å². The van der Waals surface area contributed by atoms with Crippen LogP contribution < -0.4 is 10.1 Å². The van der Waals surface area contributed by atoms with E-state index in [1.54, 1.807) is 6.07 Å². The fourth-order valence-corrected chi connectivity index (χ4v) is 1.45. The Balaban J connectivity index is 1.90. The highest BCUT2D eigenvalue weighted by molar-refractivity contribution is 5.26. The summed E-state index contributed by atoms with van der Waals surface area (Å²) >= 11 is 0. The SMILES string of the molecule is C[C@H](CO)NCc1ccc(Oc2ccccc2)o1. The van der Waals surface area contributed by atoms with E-state index in [4.69, 9.17) is 14.3 Å². The summed E-state index contributed by atoms with van der Waals surface area (Å²) in [6, 6.07) is 13.2. The van der Waals surface area contributed by atoms with Gasteiger partial charge in [0.25, 0.3) is 5.95 Å². The molecule has 0 aliphatic carbocycles. The van der Waals surface area contributed by atoms with Crippen LogP contribution in [0.25, 0.3) is 0 Å². The first-order valence-corrected chi connectivity index (χ1v) is 5.94. The minimum atomic E-state index is 0.0496. The quantitative estimate of drug-likeness (QED) is 0.823. The number of hydrogen-bond acceptors (Lipinski definition) is 4. The van der Waals surface area contributed by atoms with Gasteiger partial charge in [-0.3, -0.25) is 0 Å². The van der Waals surface area contributed by atoms with E-state index < -0.39 is 0 Å². The van der Waals surface area contributed by atoms with Crippen LogP contribution in [-0.2, 0) is 6.54 Å². The number of para-hydroxylation sites is 1. The second kappa shape index (κ2) is 6.23. The van der Waals surface area contributed by atoms with Crippen molar-refractivity contribution in [3.8, 4) is 11.7 Å². The maximum absolute atomic E-state index is 8.90. The van der Waals surface area contributed by atoms with Crippen molar-refractivity contribution in [1.82, 2.24) is 5.32 Å². The maximum atomic E-state index is 8.90. The van der Waals surface area contributed by atoms with Gasteiger partial charge in [0.1, 0.15) is 11.5 Å². The number of furan rings is 1. The number of aliphatic hydroxyl groups excluding tert-OH is 1. The first-order chi connectivity index (χ1) is 8.78. The van der Waals surface area contributed by atoms with Crippen molar-refractivity contribution < 1.29 is 14.3 Å². The molecular formula is C14H17NO3. The summed E-state index contributed by atoms with van der Waals surface area (Å²) < 4.78 is 11.1. The summed E-state index contributed by atoms with van der Waals surface area (Å²) in [4.78, 5) is 0. The lowest BCUT2D eigenvalue weighted by atomic mass is 10.3. The van der Waals surface area contributed by atoms with Gasteiger partial charge in [0.2, 0.25) is 0 Å². The number of aliphatic hydroxyl groups is 1. The van der Waals surface area contributed by atoms with Crippen LogP contribution in [0.4, 0.5) is 0 Å². The van der Waals surface area contributed by atoms with E-state index in [1.807, 2.05) is 43.3 Å². The van der Waals surface area contributed by atoms with Crippen molar-refractivity contribution in [2.75, 3.05) is 6.61 Å². The fraction of sp³-hybridized carbons (Fsp3) is 0.286.